The molecule has 3 aliphatic rings. The Hall–Kier alpha value is -0.970. The summed E-state index contributed by atoms with van der Waals surface area (Å²) < 4.78 is 5.52. The quantitative estimate of drug-likeness (QED) is 0.869. The Labute approximate surface area is 163 Å². The number of hydrogen-bond acceptors (Lipinski definition) is 4. The van der Waals surface area contributed by atoms with Crippen LogP contribution in [0, 0.1) is 11.8 Å². The third-order valence-corrected chi connectivity index (χ3v) is 6.81. The fraction of sp³-hybridized carbons (Fsp3) is 0.714. The molecule has 2 saturated carbocycles. The normalized spacial score (nSPS) is 32.5. The third-order valence-electron chi connectivity index (χ3n) is 6.81. The zero-order chi connectivity index (χ0) is 17.2. The molecule has 1 aromatic rings. The number of benzene rings is 1. The molecule has 0 radical (unpaired) electrons. The summed E-state index contributed by atoms with van der Waals surface area (Å²) in [6, 6.07) is 8.67. The average Bonchev–Trinajstić information content (AvgIpc) is 2.67. The molecule has 4 atom stereocenters. The second-order valence-corrected chi connectivity index (χ2v) is 8.11. The average molecular weight is 381 g/mol. The number of methoxy groups -OCH3 is 1. The van der Waals surface area contributed by atoms with Crippen LogP contribution in [0.2, 0.25) is 0 Å². The van der Waals surface area contributed by atoms with E-state index in [0.29, 0.717) is 6.04 Å². The molecule has 146 valence electrons. The largest absolute Gasteiger partial charge is 0.495 e. The first-order valence-corrected chi connectivity index (χ1v) is 10.1. The van der Waals surface area contributed by atoms with E-state index in [-0.39, 0.29) is 18.5 Å². The van der Waals surface area contributed by atoms with E-state index in [0.717, 1.165) is 50.2 Å². The molecule has 0 bridgehead atoms. The number of aliphatic hydroxyl groups is 1. The molecule has 4 rings (SSSR count). The summed E-state index contributed by atoms with van der Waals surface area (Å²) in [5.41, 5.74) is 1.20. The van der Waals surface area contributed by atoms with Crippen molar-refractivity contribution in [2.24, 2.45) is 11.8 Å². The molecule has 2 aliphatic carbocycles. The minimum Gasteiger partial charge on any atom is -0.495 e. The zero-order valence-corrected chi connectivity index (χ0v) is 16.7. The van der Waals surface area contributed by atoms with E-state index in [1.54, 1.807) is 7.11 Å². The van der Waals surface area contributed by atoms with Crippen molar-refractivity contribution >= 4 is 18.1 Å². The Balaban J connectivity index is 0.00000196. The number of hydrogen-bond donors (Lipinski definition) is 1. The Morgan fingerprint density at radius 3 is 2.31 bits per heavy atom. The molecule has 0 aromatic heterocycles. The van der Waals surface area contributed by atoms with E-state index < -0.39 is 0 Å². The van der Waals surface area contributed by atoms with Gasteiger partial charge in [-0.15, -0.1) is 12.4 Å². The van der Waals surface area contributed by atoms with E-state index in [9.17, 15) is 5.11 Å². The van der Waals surface area contributed by atoms with Gasteiger partial charge in [-0.3, -0.25) is 4.90 Å². The first-order valence-electron chi connectivity index (χ1n) is 10.1. The molecule has 3 fully saturated rings. The molecule has 4 nitrogen and oxygen atoms in total. The zero-order valence-electron chi connectivity index (χ0n) is 15.8. The predicted octanol–water partition coefficient (Wildman–Crippen LogP) is 3.57. The van der Waals surface area contributed by atoms with Gasteiger partial charge in [0.05, 0.1) is 18.9 Å². The number of rotatable bonds is 3. The topological polar surface area (TPSA) is 35.9 Å². The minimum absolute atomic E-state index is 0. The van der Waals surface area contributed by atoms with Gasteiger partial charge in [0.1, 0.15) is 5.75 Å². The summed E-state index contributed by atoms with van der Waals surface area (Å²) in [7, 11) is 1.74. The number of ether oxygens (including phenoxy) is 1. The van der Waals surface area contributed by atoms with Gasteiger partial charge in [0, 0.05) is 32.2 Å². The van der Waals surface area contributed by atoms with Gasteiger partial charge in [0.15, 0.2) is 0 Å². The molecular formula is C21H33ClN2O2. The van der Waals surface area contributed by atoms with Crippen LogP contribution in [-0.4, -0.2) is 55.4 Å². The van der Waals surface area contributed by atoms with Gasteiger partial charge in [-0.25, -0.2) is 0 Å². The number of para-hydroxylation sites is 2. The Morgan fingerprint density at radius 1 is 0.962 bits per heavy atom. The van der Waals surface area contributed by atoms with Crippen LogP contribution in [0.5, 0.6) is 5.75 Å². The second kappa shape index (κ2) is 8.81. The SMILES string of the molecule is COc1ccccc1N1CCN([C@@H]2C[C@@H]3CCCC[C@@H]3C[C@H]2O)CC1.Cl. The highest BCUT2D eigenvalue weighted by Gasteiger charge is 2.40. The predicted molar refractivity (Wildman–Crippen MR) is 109 cm³/mol. The third kappa shape index (κ3) is 3.97. The Bertz CT molecular complexity index is 577. The summed E-state index contributed by atoms with van der Waals surface area (Å²) in [5, 5.41) is 10.7. The standard InChI is InChI=1S/C21H32N2O2.ClH/c1-25-21-9-5-4-8-18(21)22-10-12-23(13-11-22)19-14-16-6-2-3-7-17(16)15-20(19)24;/h4-5,8-9,16-17,19-20,24H,2-3,6-7,10-15H2,1H3;1H/t16-,17+,19+,20+;/m0./s1. The summed E-state index contributed by atoms with van der Waals surface area (Å²) in [5.74, 6) is 2.60. The molecule has 0 spiro atoms. The van der Waals surface area contributed by atoms with Crippen molar-refractivity contribution in [3.8, 4) is 5.75 Å². The highest BCUT2D eigenvalue weighted by atomic mass is 35.5. The van der Waals surface area contributed by atoms with Crippen LogP contribution in [0.1, 0.15) is 38.5 Å². The molecular weight excluding hydrogens is 348 g/mol. The van der Waals surface area contributed by atoms with Crippen molar-refractivity contribution in [3.05, 3.63) is 24.3 Å². The van der Waals surface area contributed by atoms with Crippen LogP contribution in [0.15, 0.2) is 24.3 Å². The number of piperazine rings is 1. The molecule has 1 saturated heterocycles. The lowest BCUT2D eigenvalue weighted by Crippen LogP contribution is -2.56. The summed E-state index contributed by atoms with van der Waals surface area (Å²) in [6.45, 7) is 4.10. The molecule has 1 aromatic carbocycles. The lowest BCUT2D eigenvalue weighted by Gasteiger charge is -2.48. The number of nitrogens with zero attached hydrogens (tertiary/aromatic N) is 2. The molecule has 1 aliphatic heterocycles. The van der Waals surface area contributed by atoms with Gasteiger partial charge in [-0.1, -0.05) is 37.8 Å². The fourth-order valence-electron chi connectivity index (χ4n) is 5.42. The van der Waals surface area contributed by atoms with Crippen molar-refractivity contribution in [2.45, 2.75) is 50.7 Å². The number of halogens is 1. The number of anilines is 1. The van der Waals surface area contributed by atoms with Gasteiger partial charge >= 0.3 is 0 Å². The van der Waals surface area contributed by atoms with Crippen molar-refractivity contribution in [1.82, 2.24) is 4.90 Å². The minimum atomic E-state index is -0.128. The lowest BCUT2D eigenvalue weighted by molar-refractivity contribution is -0.0332. The van der Waals surface area contributed by atoms with Gasteiger partial charge in [0.2, 0.25) is 0 Å². The number of aliphatic hydroxyl groups excluding tert-OH is 1. The van der Waals surface area contributed by atoms with Crippen LogP contribution >= 0.6 is 12.4 Å². The lowest BCUT2D eigenvalue weighted by atomic mass is 9.68. The van der Waals surface area contributed by atoms with Crippen LogP contribution in [0.25, 0.3) is 0 Å². The molecule has 5 heteroatoms. The summed E-state index contributed by atoms with van der Waals surface area (Å²) in [6.07, 6.45) is 7.60. The van der Waals surface area contributed by atoms with E-state index >= 15 is 0 Å². The maximum Gasteiger partial charge on any atom is 0.142 e. The molecule has 0 unspecified atom stereocenters. The van der Waals surface area contributed by atoms with Crippen molar-refractivity contribution < 1.29 is 9.84 Å². The van der Waals surface area contributed by atoms with Crippen LogP contribution in [-0.2, 0) is 0 Å². The Morgan fingerprint density at radius 2 is 1.62 bits per heavy atom. The maximum absolute atomic E-state index is 10.7. The fourth-order valence-corrected chi connectivity index (χ4v) is 5.42. The first kappa shape index (κ1) is 19.8. The molecule has 0 amide bonds. The summed E-state index contributed by atoms with van der Waals surface area (Å²) in [4.78, 5) is 4.98. The van der Waals surface area contributed by atoms with E-state index in [1.807, 2.05) is 12.1 Å². The van der Waals surface area contributed by atoms with E-state index in [2.05, 4.69) is 21.9 Å². The van der Waals surface area contributed by atoms with E-state index in [4.69, 9.17) is 4.74 Å². The van der Waals surface area contributed by atoms with Gasteiger partial charge in [-0.05, 0) is 36.8 Å². The van der Waals surface area contributed by atoms with Crippen molar-refractivity contribution in [2.75, 3.05) is 38.2 Å². The van der Waals surface area contributed by atoms with Gasteiger partial charge in [0.25, 0.3) is 0 Å². The highest BCUT2D eigenvalue weighted by molar-refractivity contribution is 5.85. The van der Waals surface area contributed by atoms with Crippen LogP contribution < -0.4 is 9.64 Å². The van der Waals surface area contributed by atoms with Crippen molar-refractivity contribution in [3.63, 3.8) is 0 Å². The van der Waals surface area contributed by atoms with Crippen LogP contribution in [0.4, 0.5) is 5.69 Å². The number of fused-ring (bicyclic) bond motifs is 1. The first-order chi connectivity index (χ1) is 12.3. The smallest absolute Gasteiger partial charge is 0.142 e. The van der Waals surface area contributed by atoms with E-state index in [1.165, 1.54) is 37.8 Å². The molecule has 1 heterocycles. The molecule has 1 N–H and O–H groups in total. The van der Waals surface area contributed by atoms with Crippen LogP contribution in [0.3, 0.4) is 0 Å². The van der Waals surface area contributed by atoms with Gasteiger partial charge in [-0.2, -0.15) is 0 Å². The monoisotopic (exact) mass is 380 g/mol. The second-order valence-electron chi connectivity index (χ2n) is 8.11. The highest BCUT2D eigenvalue weighted by Crippen LogP contribution is 2.42. The summed E-state index contributed by atoms with van der Waals surface area (Å²) >= 11 is 0. The van der Waals surface area contributed by atoms with Crippen molar-refractivity contribution in [1.29, 1.82) is 0 Å². The molecule has 26 heavy (non-hydrogen) atoms. The Kier molecular flexibility index (Phi) is 6.70. The maximum atomic E-state index is 10.7. The van der Waals surface area contributed by atoms with Gasteiger partial charge < -0.3 is 14.7 Å².